The van der Waals surface area contributed by atoms with Crippen LogP contribution in [0.4, 0.5) is 0 Å². The van der Waals surface area contributed by atoms with E-state index in [0.29, 0.717) is 18.2 Å². The van der Waals surface area contributed by atoms with Gasteiger partial charge in [0.1, 0.15) is 10.3 Å². The Morgan fingerprint density at radius 1 is 1.48 bits per heavy atom. The molecule has 2 aliphatic heterocycles. The van der Waals surface area contributed by atoms with E-state index in [0.717, 1.165) is 19.7 Å². The highest BCUT2D eigenvalue weighted by atomic mass is 35.5. The van der Waals surface area contributed by atoms with Gasteiger partial charge in [-0.15, -0.1) is 0 Å². The zero-order chi connectivity index (χ0) is 14.8. The van der Waals surface area contributed by atoms with Gasteiger partial charge < -0.3 is 10.1 Å². The highest BCUT2D eigenvalue weighted by Crippen LogP contribution is 2.22. The summed E-state index contributed by atoms with van der Waals surface area (Å²) in [6.07, 6.45) is 2.48. The standard InChI is InChI=1S/C14H17Cl2N3O2/c15-12-4-3-11(13(16)18-12)14(20)17-6-10-7-19-5-1-2-9(19)8-21-10/h3-4,9-10H,1-2,5-8H2,(H,17,20). The summed E-state index contributed by atoms with van der Waals surface area (Å²) in [4.78, 5) is 18.4. The Morgan fingerprint density at radius 3 is 3.14 bits per heavy atom. The van der Waals surface area contributed by atoms with Crippen LogP contribution in [0.25, 0.3) is 0 Å². The molecule has 0 saturated carbocycles. The van der Waals surface area contributed by atoms with Crippen molar-refractivity contribution >= 4 is 29.1 Å². The molecular weight excluding hydrogens is 313 g/mol. The molecule has 5 nitrogen and oxygen atoms in total. The van der Waals surface area contributed by atoms with Gasteiger partial charge in [-0.3, -0.25) is 9.69 Å². The first-order valence-corrected chi connectivity index (χ1v) is 7.85. The van der Waals surface area contributed by atoms with Crippen molar-refractivity contribution < 1.29 is 9.53 Å². The number of morpholine rings is 1. The molecule has 7 heteroatoms. The fourth-order valence-corrected chi connectivity index (χ4v) is 3.32. The number of amides is 1. The number of nitrogens with zero attached hydrogens (tertiary/aromatic N) is 2. The molecule has 0 radical (unpaired) electrons. The Morgan fingerprint density at radius 2 is 2.33 bits per heavy atom. The minimum absolute atomic E-state index is 0.0299. The van der Waals surface area contributed by atoms with Crippen molar-refractivity contribution in [2.45, 2.75) is 25.0 Å². The van der Waals surface area contributed by atoms with Gasteiger partial charge >= 0.3 is 0 Å². The van der Waals surface area contributed by atoms with E-state index in [4.69, 9.17) is 27.9 Å². The summed E-state index contributed by atoms with van der Waals surface area (Å²) in [6.45, 7) is 3.23. The minimum Gasteiger partial charge on any atom is -0.373 e. The quantitative estimate of drug-likeness (QED) is 0.861. The molecule has 0 aromatic carbocycles. The Balaban J connectivity index is 1.54. The number of hydrogen-bond donors (Lipinski definition) is 1. The molecule has 2 saturated heterocycles. The van der Waals surface area contributed by atoms with Crippen molar-refractivity contribution in [1.29, 1.82) is 0 Å². The number of carbonyl (C=O) groups excluding carboxylic acids is 1. The lowest BCUT2D eigenvalue weighted by Crippen LogP contribution is -2.50. The largest absolute Gasteiger partial charge is 0.373 e. The first kappa shape index (κ1) is 15.0. The highest BCUT2D eigenvalue weighted by Gasteiger charge is 2.32. The molecule has 2 fully saturated rings. The van der Waals surface area contributed by atoms with E-state index in [-0.39, 0.29) is 22.3 Å². The number of hydrogen-bond acceptors (Lipinski definition) is 4. The maximum atomic E-state index is 12.1. The smallest absolute Gasteiger partial charge is 0.254 e. The van der Waals surface area contributed by atoms with Gasteiger partial charge in [-0.25, -0.2) is 4.98 Å². The van der Waals surface area contributed by atoms with Crippen LogP contribution in [-0.2, 0) is 4.74 Å². The Kier molecular flexibility index (Phi) is 4.64. The second-order valence-electron chi connectivity index (χ2n) is 5.43. The van der Waals surface area contributed by atoms with Gasteiger partial charge in [0.2, 0.25) is 0 Å². The molecule has 1 aromatic heterocycles. The molecule has 1 N–H and O–H groups in total. The van der Waals surface area contributed by atoms with Crippen molar-refractivity contribution in [3.63, 3.8) is 0 Å². The lowest BCUT2D eigenvalue weighted by Gasteiger charge is -2.35. The first-order chi connectivity index (χ1) is 10.1. The summed E-state index contributed by atoms with van der Waals surface area (Å²) in [5.74, 6) is -0.253. The zero-order valence-electron chi connectivity index (χ0n) is 11.5. The summed E-state index contributed by atoms with van der Waals surface area (Å²) >= 11 is 11.6. The minimum atomic E-state index is -0.253. The molecule has 1 aromatic rings. The van der Waals surface area contributed by atoms with Crippen LogP contribution in [0.1, 0.15) is 23.2 Å². The SMILES string of the molecule is O=C(NCC1CN2CCCC2CO1)c1ccc(Cl)nc1Cl. The summed E-state index contributed by atoms with van der Waals surface area (Å²) < 4.78 is 5.80. The number of pyridine rings is 1. The number of halogens is 2. The van der Waals surface area contributed by atoms with Crippen LogP contribution in [0.5, 0.6) is 0 Å². The number of fused-ring (bicyclic) bond motifs is 1. The van der Waals surface area contributed by atoms with E-state index in [1.807, 2.05) is 0 Å². The number of carbonyl (C=O) groups is 1. The van der Waals surface area contributed by atoms with Gasteiger partial charge in [0.05, 0.1) is 18.3 Å². The van der Waals surface area contributed by atoms with Gasteiger partial charge in [-0.2, -0.15) is 0 Å². The van der Waals surface area contributed by atoms with E-state index in [1.54, 1.807) is 12.1 Å². The number of nitrogens with one attached hydrogen (secondary N) is 1. The topological polar surface area (TPSA) is 54.5 Å². The fourth-order valence-electron chi connectivity index (χ4n) is 2.89. The Bertz CT molecular complexity index is 541. The molecule has 3 heterocycles. The third-order valence-electron chi connectivity index (χ3n) is 4.01. The summed E-state index contributed by atoms with van der Waals surface area (Å²) in [5.41, 5.74) is 0.330. The van der Waals surface area contributed by atoms with E-state index in [9.17, 15) is 4.79 Å². The van der Waals surface area contributed by atoms with Crippen LogP contribution >= 0.6 is 23.2 Å². The van der Waals surface area contributed by atoms with E-state index >= 15 is 0 Å². The van der Waals surface area contributed by atoms with Crippen molar-refractivity contribution in [3.8, 4) is 0 Å². The number of aromatic nitrogens is 1. The average molecular weight is 330 g/mol. The van der Waals surface area contributed by atoms with E-state index < -0.39 is 0 Å². The normalized spacial score (nSPS) is 25.6. The van der Waals surface area contributed by atoms with Crippen LogP contribution in [0.2, 0.25) is 10.3 Å². The van der Waals surface area contributed by atoms with Crippen LogP contribution in [-0.4, -0.2) is 54.2 Å². The van der Waals surface area contributed by atoms with Gasteiger partial charge in [-0.1, -0.05) is 23.2 Å². The molecule has 2 aliphatic rings. The van der Waals surface area contributed by atoms with Crippen LogP contribution in [0, 0.1) is 0 Å². The maximum absolute atomic E-state index is 12.1. The molecule has 2 unspecified atom stereocenters. The van der Waals surface area contributed by atoms with Crippen molar-refractivity contribution in [2.75, 3.05) is 26.2 Å². The molecule has 1 amide bonds. The summed E-state index contributed by atoms with van der Waals surface area (Å²) in [7, 11) is 0. The molecule has 0 spiro atoms. The first-order valence-electron chi connectivity index (χ1n) is 7.09. The van der Waals surface area contributed by atoms with E-state index in [1.165, 1.54) is 12.8 Å². The Hall–Kier alpha value is -0.880. The zero-order valence-corrected chi connectivity index (χ0v) is 13.0. The number of rotatable bonds is 3. The molecule has 3 rings (SSSR count). The maximum Gasteiger partial charge on any atom is 0.254 e. The second-order valence-corrected chi connectivity index (χ2v) is 6.17. The summed E-state index contributed by atoms with van der Waals surface area (Å²) in [5, 5.41) is 3.24. The van der Waals surface area contributed by atoms with Crippen molar-refractivity contribution in [2.24, 2.45) is 0 Å². The van der Waals surface area contributed by atoms with Gasteiger partial charge in [0.25, 0.3) is 5.91 Å². The molecule has 21 heavy (non-hydrogen) atoms. The average Bonchev–Trinajstić information content (AvgIpc) is 2.92. The Labute approximate surface area is 133 Å². The highest BCUT2D eigenvalue weighted by molar-refractivity contribution is 6.34. The van der Waals surface area contributed by atoms with Gasteiger partial charge in [0.15, 0.2) is 0 Å². The third kappa shape index (κ3) is 3.48. The van der Waals surface area contributed by atoms with E-state index in [2.05, 4.69) is 15.2 Å². The molecular formula is C14H17Cl2N3O2. The lowest BCUT2D eigenvalue weighted by atomic mass is 10.2. The summed E-state index contributed by atoms with van der Waals surface area (Å²) in [6, 6.07) is 3.69. The van der Waals surface area contributed by atoms with Crippen LogP contribution in [0.15, 0.2) is 12.1 Å². The van der Waals surface area contributed by atoms with Gasteiger partial charge in [0, 0.05) is 19.1 Å². The monoisotopic (exact) mass is 329 g/mol. The lowest BCUT2D eigenvalue weighted by molar-refractivity contribution is -0.0461. The molecule has 0 aliphatic carbocycles. The third-order valence-corrected chi connectivity index (χ3v) is 4.51. The second kappa shape index (κ2) is 6.48. The molecule has 0 bridgehead atoms. The van der Waals surface area contributed by atoms with Gasteiger partial charge in [-0.05, 0) is 31.5 Å². The van der Waals surface area contributed by atoms with Crippen molar-refractivity contribution in [3.05, 3.63) is 28.0 Å². The van der Waals surface area contributed by atoms with Crippen LogP contribution < -0.4 is 5.32 Å². The van der Waals surface area contributed by atoms with Crippen LogP contribution in [0.3, 0.4) is 0 Å². The fraction of sp³-hybridized carbons (Fsp3) is 0.571. The predicted molar refractivity (Wildman–Crippen MR) is 80.9 cm³/mol. The van der Waals surface area contributed by atoms with Crippen molar-refractivity contribution in [1.82, 2.24) is 15.2 Å². The molecule has 2 atom stereocenters. The predicted octanol–water partition coefficient (Wildman–Crippen LogP) is 1.98. The molecule has 114 valence electrons. The number of ether oxygens (including phenoxy) is 1.